The van der Waals surface area contributed by atoms with Crippen molar-refractivity contribution in [3.05, 3.63) is 71.8 Å². The van der Waals surface area contributed by atoms with Crippen LogP contribution in [0.15, 0.2) is 60.7 Å². The molecule has 1 aliphatic rings. The first-order valence-corrected chi connectivity index (χ1v) is 8.64. The Hall–Kier alpha value is -2.75. The third kappa shape index (κ3) is 3.68. The van der Waals surface area contributed by atoms with E-state index >= 15 is 0 Å². The van der Waals surface area contributed by atoms with Crippen molar-refractivity contribution in [1.82, 2.24) is 4.90 Å². The molecule has 0 bridgehead atoms. The van der Waals surface area contributed by atoms with Gasteiger partial charge in [-0.2, -0.15) is 0 Å². The van der Waals surface area contributed by atoms with Gasteiger partial charge in [0.1, 0.15) is 18.5 Å². The molecule has 2 aromatic rings. The molecule has 1 N–H and O–H groups in total. The van der Waals surface area contributed by atoms with Crippen molar-refractivity contribution in [3.8, 4) is 5.75 Å². The number of amides is 1. The van der Waals surface area contributed by atoms with Crippen LogP contribution in [-0.2, 0) is 0 Å². The highest BCUT2D eigenvalue weighted by Gasteiger charge is 2.31. The van der Waals surface area contributed by atoms with Crippen molar-refractivity contribution in [3.63, 3.8) is 0 Å². The zero-order valence-corrected chi connectivity index (χ0v) is 14.8. The van der Waals surface area contributed by atoms with Crippen molar-refractivity contribution in [1.29, 1.82) is 0 Å². The summed E-state index contributed by atoms with van der Waals surface area (Å²) in [6.45, 7) is 9.08. The number of para-hydroxylation sites is 1. The molecule has 1 aliphatic heterocycles. The summed E-state index contributed by atoms with van der Waals surface area (Å²) < 4.78 is 5.66. The van der Waals surface area contributed by atoms with Gasteiger partial charge >= 0.3 is 0 Å². The van der Waals surface area contributed by atoms with E-state index in [1.165, 1.54) is 0 Å². The first-order chi connectivity index (χ1) is 12.1. The number of nitrogens with zero attached hydrogens (tertiary/aromatic N) is 1. The van der Waals surface area contributed by atoms with Gasteiger partial charge in [-0.1, -0.05) is 37.8 Å². The lowest BCUT2D eigenvalue weighted by Gasteiger charge is -2.38. The number of benzene rings is 2. The van der Waals surface area contributed by atoms with Crippen molar-refractivity contribution >= 4 is 11.6 Å². The maximum atomic E-state index is 12.9. The smallest absolute Gasteiger partial charge is 0.257 e. The van der Waals surface area contributed by atoms with Crippen molar-refractivity contribution in [2.24, 2.45) is 0 Å². The molecule has 4 nitrogen and oxygen atoms in total. The van der Waals surface area contributed by atoms with Crippen LogP contribution in [0, 0.1) is 0 Å². The molecule has 3 rings (SSSR count). The van der Waals surface area contributed by atoms with Crippen LogP contribution in [0.1, 0.15) is 42.4 Å². The average Bonchev–Trinajstić information content (AvgIpc) is 2.63. The number of ether oxygens (including phenoxy) is 1. The fraction of sp³-hybridized carbons (Fsp3) is 0.286. The molecule has 0 aliphatic carbocycles. The van der Waals surface area contributed by atoms with Gasteiger partial charge in [0.25, 0.3) is 5.91 Å². The van der Waals surface area contributed by atoms with Gasteiger partial charge in [-0.05, 0) is 48.7 Å². The van der Waals surface area contributed by atoms with Crippen LogP contribution >= 0.6 is 0 Å². The molecule has 0 saturated carbocycles. The molecule has 25 heavy (non-hydrogen) atoms. The summed E-state index contributed by atoms with van der Waals surface area (Å²) in [6, 6.07) is 15.6. The molecule has 1 unspecified atom stereocenters. The van der Waals surface area contributed by atoms with Crippen LogP contribution in [0.25, 0.3) is 0 Å². The number of hydrogen-bond donors (Lipinski definition) is 1. The minimum Gasteiger partial charge on any atom is -0.489 e. The summed E-state index contributed by atoms with van der Waals surface area (Å²) in [6.07, 6.45) is 0.740. The van der Waals surface area contributed by atoms with E-state index in [0.717, 1.165) is 34.6 Å². The minimum absolute atomic E-state index is 0.0730. The zero-order chi connectivity index (χ0) is 17.8. The molecular formula is C21H24N2O2. The maximum absolute atomic E-state index is 12.9. The number of carbonyl (C=O) groups is 1. The fourth-order valence-corrected chi connectivity index (χ4v) is 2.98. The molecule has 130 valence electrons. The van der Waals surface area contributed by atoms with Crippen LogP contribution in [0.3, 0.4) is 0 Å². The van der Waals surface area contributed by atoms with Gasteiger partial charge in [0.2, 0.25) is 0 Å². The second-order valence-electron chi connectivity index (χ2n) is 6.41. The van der Waals surface area contributed by atoms with Crippen LogP contribution in [-0.4, -0.2) is 24.0 Å². The van der Waals surface area contributed by atoms with E-state index in [0.29, 0.717) is 13.2 Å². The molecule has 0 saturated heterocycles. The normalized spacial score (nSPS) is 16.2. The third-order valence-corrected chi connectivity index (χ3v) is 4.17. The Labute approximate surface area is 149 Å². The number of fused-ring (bicyclic) bond motifs is 1. The van der Waals surface area contributed by atoms with Gasteiger partial charge in [-0.3, -0.25) is 4.79 Å². The highest BCUT2D eigenvalue weighted by atomic mass is 16.5. The number of hydrogen-bond acceptors (Lipinski definition) is 3. The monoisotopic (exact) mass is 336 g/mol. The van der Waals surface area contributed by atoms with Gasteiger partial charge in [0, 0.05) is 12.2 Å². The third-order valence-electron chi connectivity index (χ3n) is 4.17. The summed E-state index contributed by atoms with van der Waals surface area (Å²) in [7, 11) is 0. The lowest BCUT2D eigenvalue weighted by molar-refractivity contribution is 0.0683. The predicted molar refractivity (Wildman–Crippen MR) is 101 cm³/mol. The maximum Gasteiger partial charge on any atom is 0.257 e. The first kappa shape index (κ1) is 17.1. The Morgan fingerprint density at radius 2 is 1.92 bits per heavy atom. The Morgan fingerprint density at radius 1 is 1.20 bits per heavy atom. The molecule has 0 fully saturated rings. The largest absolute Gasteiger partial charge is 0.489 e. The second-order valence-corrected chi connectivity index (χ2v) is 6.41. The number of nitrogens with one attached hydrogen (secondary N) is 1. The molecule has 4 heteroatoms. The van der Waals surface area contributed by atoms with Crippen LogP contribution < -0.4 is 10.1 Å². The van der Waals surface area contributed by atoms with E-state index in [-0.39, 0.29) is 12.1 Å². The van der Waals surface area contributed by atoms with Gasteiger partial charge in [0.05, 0.1) is 5.56 Å². The highest BCUT2D eigenvalue weighted by Crippen LogP contribution is 2.33. The van der Waals surface area contributed by atoms with E-state index < -0.39 is 0 Å². The van der Waals surface area contributed by atoms with Gasteiger partial charge in [0.15, 0.2) is 0 Å². The van der Waals surface area contributed by atoms with Crippen LogP contribution in [0.2, 0.25) is 0 Å². The van der Waals surface area contributed by atoms with E-state index in [1.54, 1.807) is 0 Å². The molecule has 1 heterocycles. The average molecular weight is 336 g/mol. The fourth-order valence-electron chi connectivity index (χ4n) is 2.98. The molecule has 0 aromatic heterocycles. The zero-order valence-electron chi connectivity index (χ0n) is 14.8. The molecule has 2 aromatic carbocycles. The lowest BCUT2D eigenvalue weighted by Crippen LogP contribution is -2.43. The van der Waals surface area contributed by atoms with E-state index in [4.69, 9.17) is 4.74 Å². The van der Waals surface area contributed by atoms with Gasteiger partial charge < -0.3 is 15.0 Å². The molecule has 0 radical (unpaired) electrons. The highest BCUT2D eigenvalue weighted by molar-refractivity contribution is 6.01. The van der Waals surface area contributed by atoms with Crippen molar-refractivity contribution in [2.75, 3.05) is 18.5 Å². The Kier molecular flexibility index (Phi) is 5.08. The first-order valence-electron chi connectivity index (χ1n) is 8.64. The van der Waals surface area contributed by atoms with E-state index in [1.807, 2.05) is 60.4 Å². The van der Waals surface area contributed by atoms with Gasteiger partial charge in [-0.15, -0.1) is 0 Å². The van der Waals surface area contributed by atoms with E-state index in [2.05, 4.69) is 18.8 Å². The van der Waals surface area contributed by atoms with Crippen molar-refractivity contribution < 1.29 is 9.53 Å². The SMILES string of the molecule is C=C(C)COc1ccc(C2Nc3ccccc3C(=O)N2CCC)cc1. The summed E-state index contributed by atoms with van der Waals surface area (Å²) >= 11 is 0. The van der Waals surface area contributed by atoms with Crippen molar-refractivity contribution in [2.45, 2.75) is 26.4 Å². The number of carbonyl (C=O) groups excluding carboxylic acids is 1. The summed E-state index contributed by atoms with van der Waals surface area (Å²) in [5.74, 6) is 0.875. The van der Waals surface area contributed by atoms with Gasteiger partial charge in [-0.25, -0.2) is 0 Å². The number of anilines is 1. The predicted octanol–water partition coefficient (Wildman–Crippen LogP) is 4.62. The Bertz CT molecular complexity index is 768. The quantitative estimate of drug-likeness (QED) is 0.783. The standard InChI is InChI=1S/C21H24N2O2/c1-4-13-23-20(22-19-8-6-5-7-18(19)21(23)24)16-9-11-17(12-10-16)25-14-15(2)3/h5-12,20,22H,2,4,13-14H2,1,3H3. The molecule has 0 spiro atoms. The Morgan fingerprint density at radius 3 is 2.60 bits per heavy atom. The second kappa shape index (κ2) is 7.43. The lowest BCUT2D eigenvalue weighted by atomic mass is 10.0. The summed E-state index contributed by atoms with van der Waals surface area (Å²) in [4.78, 5) is 14.8. The Balaban J connectivity index is 1.86. The molecular weight excluding hydrogens is 312 g/mol. The summed E-state index contributed by atoms with van der Waals surface area (Å²) in [5.41, 5.74) is 3.63. The van der Waals surface area contributed by atoms with E-state index in [9.17, 15) is 4.79 Å². The van der Waals surface area contributed by atoms with Crippen LogP contribution in [0.5, 0.6) is 5.75 Å². The summed E-state index contributed by atoms with van der Waals surface area (Å²) in [5, 5.41) is 3.50. The number of rotatable bonds is 6. The molecule has 1 amide bonds. The molecule has 1 atom stereocenters. The van der Waals surface area contributed by atoms with Crippen LogP contribution in [0.4, 0.5) is 5.69 Å². The topological polar surface area (TPSA) is 41.6 Å². The minimum atomic E-state index is -0.169.